The Balaban J connectivity index is 5.12. The van der Waals surface area contributed by atoms with E-state index < -0.39 is 0 Å². The number of hydrogen-bond acceptors (Lipinski definition) is 7. The van der Waals surface area contributed by atoms with Crippen molar-refractivity contribution >= 4 is 17.8 Å². The number of aliphatic hydroxyl groups is 1. The first-order valence-corrected chi connectivity index (χ1v) is 30.2. The molecule has 2 unspecified atom stereocenters. The minimum absolute atomic E-state index is 0.0000563. The van der Waals surface area contributed by atoms with Crippen molar-refractivity contribution in [2.45, 2.75) is 310 Å². The summed E-state index contributed by atoms with van der Waals surface area (Å²) in [4.78, 5) is 42.4. The van der Waals surface area contributed by atoms with Gasteiger partial charge in [0.15, 0.2) is 0 Å². The van der Waals surface area contributed by atoms with E-state index in [4.69, 9.17) is 9.47 Å². The van der Waals surface area contributed by atoms with E-state index in [1.807, 2.05) is 0 Å². The zero-order valence-corrected chi connectivity index (χ0v) is 46.6. The summed E-state index contributed by atoms with van der Waals surface area (Å²) in [6.07, 6.45) is 49.0. The van der Waals surface area contributed by atoms with Crippen LogP contribution in [0.5, 0.6) is 0 Å². The maximum atomic E-state index is 12.7. The minimum Gasteiger partial charge on any atom is -0.465 e. The largest absolute Gasteiger partial charge is 0.465 e. The van der Waals surface area contributed by atoms with Crippen LogP contribution in [0.4, 0.5) is 0 Å². The highest BCUT2D eigenvalue weighted by molar-refractivity contribution is 5.75. The summed E-state index contributed by atoms with van der Waals surface area (Å²) in [6, 6.07) is 0.577. The van der Waals surface area contributed by atoms with Gasteiger partial charge in [-0.15, -0.1) is 0 Å². The first-order chi connectivity index (χ1) is 33.3. The molecule has 0 saturated heterocycles. The number of amides is 1. The lowest BCUT2D eigenvalue weighted by molar-refractivity contribution is -0.146. The normalized spacial score (nSPS) is 12.9. The molecule has 0 aliphatic carbocycles. The summed E-state index contributed by atoms with van der Waals surface area (Å²) in [7, 11) is 1.80. The molecule has 1 amide bonds. The van der Waals surface area contributed by atoms with Gasteiger partial charge in [0.05, 0.1) is 19.8 Å². The lowest BCUT2D eigenvalue weighted by Crippen LogP contribution is -2.37. The summed E-state index contributed by atoms with van der Waals surface area (Å²) in [6.45, 7) is 15.1. The Kier molecular flexibility index (Phi) is 50.4. The zero-order valence-electron chi connectivity index (χ0n) is 46.6. The van der Waals surface area contributed by atoms with Crippen LogP contribution in [0.2, 0.25) is 0 Å². The SMILES string of the molecule is CCCCCCCCCN(CCCCC(=O)N(C)CCO)C(CCCCCCCCC(=O)OCC(CCCC)CCCCCC)CCCCCCCCC(=O)OCC(CCCC)CCCCCC. The molecule has 404 valence electrons. The van der Waals surface area contributed by atoms with Crippen molar-refractivity contribution in [3.63, 3.8) is 0 Å². The van der Waals surface area contributed by atoms with E-state index in [-0.39, 0.29) is 24.5 Å². The number of likely N-dealkylation sites (N-methyl/N-ethyl adjacent to an activating group) is 1. The van der Waals surface area contributed by atoms with E-state index in [2.05, 4.69) is 39.5 Å². The predicted molar refractivity (Wildman–Crippen MR) is 291 cm³/mol. The number of nitrogens with zero attached hydrogens (tertiary/aromatic N) is 2. The van der Waals surface area contributed by atoms with Gasteiger partial charge in [0, 0.05) is 38.9 Å². The zero-order chi connectivity index (χ0) is 50.0. The van der Waals surface area contributed by atoms with E-state index in [1.165, 1.54) is 212 Å². The van der Waals surface area contributed by atoms with Gasteiger partial charge >= 0.3 is 11.9 Å². The van der Waals surface area contributed by atoms with Crippen LogP contribution in [-0.2, 0) is 23.9 Å². The van der Waals surface area contributed by atoms with Gasteiger partial charge in [0.2, 0.25) is 5.91 Å². The quantitative estimate of drug-likeness (QED) is 0.0479. The molecule has 0 rings (SSSR count). The van der Waals surface area contributed by atoms with Crippen LogP contribution in [0.1, 0.15) is 304 Å². The second-order valence-electron chi connectivity index (χ2n) is 21.2. The molecule has 8 heteroatoms. The van der Waals surface area contributed by atoms with Crippen LogP contribution in [0.15, 0.2) is 0 Å². The van der Waals surface area contributed by atoms with Gasteiger partial charge < -0.3 is 24.4 Å². The summed E-state index contributed by atoms with van der Waals surface area (Å²) >= 11 is 0. The Hall–Kier alpha value is -1.67. The van der Waals surface area contributed by atoms with Crippen molar-refractivity contribution in [3.8, 4) is 0 Å². The number of rotatable bonds is 54. The molecule has 8 nitrogen and oxygen atoms in total. The Morgan fingerprint density at radius 2 is 0.706 bits per heavy atom. The molecule has 0 heterocycles. The van der Waals surface area contributed by atoms with Gasteiger partial charge in [-0.2, -0.15) is 0 Å². The number of carbonyl (C=O) groups is 3. The lowest BCUT2D eigenvalue weighted by atomic mass is 9.96. The average Bonchev–Trinajstić information content (AvgIpc) is 3.34. The number of ether oxygens (including phenoxy) is 2. The average molecular weight is 964 g/mol. The topological polar surface area (TPSA) is 96.4 Å². The molecule has 0 radical (unpaired) electrons. The van der Waals surface area contributed by atoms with E-state index in [9.17, 15) is 19.5 Å². The van der Waals surface area contributed by atoms with E-state index in [0.29, 0.717) is 56.9 Å². The molecule has 0 aromatic heterocycles. The van der Waals surface area contributed by atoms with Crippen molar-refractivity contribution in [2.24, 2.45) is 11.8 Å². The third kappa shape index (κ3) is 43.1. The standard InChI is InChI=1S/C60H118N2O6/c1-7-12-17-20-25-30-38-49-62(50-39-37-46-58(64)61(6)51-52-63)57(44-33-26-21-23-28-35-47-59(65)67-53-55(40-15-10-4)42-31-18-13-8-2)45-34-27-22-24-29-36-48-60(66)68-54-56(41-16-11-5)43-32-19-14-9-3/h55-57,63H,7-54H2,1-6H3. The van der Waals surface area contributed by atoms with Crippen LogP contribution in [0, 0.1) is 11.8 Å². The molecule has 0 saturated carbocycles. The van der Waals surface area contributed by atoms with Gasteiger partial charge in [0.1, 0.15) is 0 Å². The smallest absolute Gasteiger partial charge is 0.305 e. The molecule has 0 bridgehead atoms. The number of aliphatic hydroxyl groups excluding tert-OH is 1. The number of carbonyl (C=O) groups excluding carboxylic acids is 3. The predicted octanol–water partition coefficient (Wildman–Crippen LogP) is 16.9. The monoisotopic (exact) mass is 963 g/mol. The van der Waals surface area contributed by atoms with E-state index in [0.717, 1.165) is 51.6 Å². The van der Waals surface area contributed by atoms with Crippen LogP contribution in [0.3, 0.4) is 0 Å². The fraction of sp³-hybridized carbons (Fsp3) is 0.950. The van der Waals surface area contributed by atoms with Crippen molar-refractivity contribution in [1.29, 1.82) is 0 Å². The molecule has 0 spiro atoms. The van der Waals surface area contributed by atoms with Gasteiger partial charge in [-0.3, -0.25) is 14.4 Å². The lowest BCUT2D eigenvalue weighted by Gasteiger charge is -2.32. The maximum absolute atomic E-state index is 12.7. The molecule has 0 fully saturated rings. The molecular weight excluding hydrogens is 845 g/mol. The van der Waals surface area contributed by atoms with Crippen LogP contribution in [-0.4, -0.2) is 85.3 Å². The second kappa shape index (κ2) is 51.7. The van der Waals surface area contributed by atoms with Gasteiger partial charge in [-0.25, -0.2) is 0 Å². The maximum Gasteiger partial charge on any atom is 0.305 e. The number of hydrogen-bond donors (Lipinski definition) is 1. The van der Waals surface area contributed by atoms with Crippen molar-refractivity contribution in [1.82, 2.24) is 9.80 Å². The number of esters is 2. The Labute approximate surface area is 423 Å². The third-order valence-corrected chi connectivity index (χ3v) is 14.7. The Morgan fingerprint density at radius 3 is 1.13 bits per heavy atom. The van der Waals surface area contributed by atoms with Gasteiger partial charge in [-0.1, -0.05) is 214 Å². The van der Waals surface area contributed by atoms with Gasteiger partial charge in [0.25, 0.3) is 0 Å². The van der Waals surface area contributed by atoms with Gasteiger partial charge in [-0.05, 0) is 95.6 Å². The highest BCUT2D eigenvalue weighted by Gasteiger charge is 2.19. The van der Waals surface area contributed by atoms with Crippen molar-refractivity contribution in [2.75, 3.05) is 46.5 Å². The Bertz CT molecular complexity index is 1030. The summed E-state index contributed by atoms with van der Waals surface area (Å²) in [5.41, 5.74) is 0. The summed E-state index contributed by atoms with van der Waals surface area (Å²) in [5.74, 6) is 1.18. The first-order valence-electron chi connectivity index (χ1n) is 30.2. The highest BCUT2D eigenvalue weighted by atomic mass is 16.5. The van der Waals surface area contributed by atoms with Crippen LogP contribution in [0.25, 0.3) is 0 Å². The van der Waals surface area contributed by atoms with E-state index in [1.54, 1.807) is 11.9 Å². The fourth-order valence-corrected chi connectivity index (χ4v) is 9.92. The van der Waals surface area contributed by atoms with Crippen molar-refractivity contribution in [3.05, 3.63) is 0 Å². The highest BCUT2D eigenvalue weighted by Crippen LogP contribution is 2.23. The minimum atomic E-state index is 0.0000563. The molecule has 0 aliphatic heterocycles. The van der Waals surface area contributed by atoms with Crippen LogP contribution < -0.4 is 0 Å². The third-order valence-electron chi connectivity index (χ3n) is 14.7. The van der Waals surface area contributed by atoms with Crippen molar-refractivity contribution < 1.29 is 29.0 Å². The fourth-order valence-electron chi connectivity index (χ4n) is 9.92. The summed E-state index contributed by atoms with van der Waals surface area (Å²) < 4.78 is 11.6. The molecule has 1 N–H and O–H groups in total. The van der Waals surface area contributed by atoms with E-state index >= 15 is 0 Å². The molecule has 0 aromatic rings. The Morgan fingerprint density at radius 1 is 0.382 bits per heavy atom. The molecule has 2 atom stereocenters. The molecule has 68 heavy (non-hydrogen) atoms. The molecular formula is C60H118N2O6. The molecule has 0 aromatic carbocycles. The summed E-state index contributed by atoms with van der Waals surface area (Å²) in [5, 5.41) is 9.31. The molecule has 0 aliphatic rings. The van der Waals surface area contributed by atoms with Crippen LogP contribution >= 0.6 is 0 Å². The number of unbranched alkanes of at least 4 members (excludes halogenated alkanes) is 25. The first kappa shape index (κ1) is 66.3. The second-order valence-corrected chi connectivity index (χ2v) is 21.2.